The van der Waals surface area contributed by atoms with Crippen molar-refractivity contribution in [3.8, 4) is 0 Å². The van der Waals surface area contributed by atoms with E-state index in [9.17, 15) is 13.2 Å². The Hall–Kier alpha value is -2.42. The third-order valence-electron chi connectivity index (χ3n) is 2.50. The highest BCUT2D eigenvalue weighted by molar-refractivity contribution is 7.92. The quantitative estimate of drug-likeness (QED) is 0.843. The van der Waals surface area contributed by atoms with E-state index < -0.39 is 16.0 Å². The molecule has 0 bridgehead atoms. The van der Waals surface area contributed by atoms with Crippen LogP contribution in [0.5, 0.6) is 0 Å². The van der Waals surface area contributed by atoms with Crippen LogP contribution in [0.1, 0.15) is 17.3 Å². The third-order valence-corrected chi connectivity index (χ3v) is 3.74. The molecule has 20 heavy (non-hydrogen) atoms. The lowest BCUT2D eigenvalue weighted by Crippen LogP contribution is -2.14. The zero-order chi connectivity index (χ0) is 14.8. The summed E-state index contributed by atoms with van der Waals surface area (Å²) in [7, 11) is -3.83. The number of rotatable bonds is 5. The summed E-state index contributed by atoms with van der Waals surface area (Å²) in [4.78, 5) is 18.2. The molecule has 2 rings (SSSR count). The van der Waals surface area contributed by atoms with E-state index in [2.05, 4.69) is 14.7 Å². The minimum atomic E-state index is -3.83. The lowest BCUT2D eigenvalue weighted by molar-refractivity contribution is 0.0696. The highest BCUT2D eigenvalue weighted by Crippen LogP contribution is 2.12. The molecule has 0 aromatic carbocycles. The fourth-order valence-corrected chi connectivity index (χ4v) is 2.38. The van der Waals surface area contributed by atoms with Crippen LogP contribution in [0.4, 0.5) is 5.82 Å². The molecule has 2 aromatic rings. The fourth-order valence-electron chi connectivity index (χ4n) is 1.42. The van der Waals surface area contributed by atoms with Crippen LogP contribution in [-0.2, 0) is 16.6 Å². The van der Waals surface area contributed by atoms with Gasteiger partial charge in [-0.2, -0.15) is 8.42 Å². The molecule has 2 N–H and O–H groups in total. The van der Waals surface area contributed by atoms with Gasteiger partial charge >= 0.3 is 5.97 Å². The predicted octanol–water partition coefficient (Wildman–Crippen LogP) is 0.797. The summed E-state index contributed by atoms with van der Waals surface area (Å²) >= 11 is 0. The molecule has 0 saturated carbocycles. The van der Waals surface area contributed by atoms with Crippen LogP contribution in [0.3, 0.4) is 0 Å². The molecule has 0 radical (unpaired) electrons. The van der Waals surface area contributed by atoms with Gasteiger partial charge in [-0.1, -0.05) is 0 Å². The lowest BCUT2D eigenvalue weighted by atomic mass is 10.3. The van der Waals surface area contributed by atoms with Crippen LogP contribution in [0.15, 0.2) is 35.9 Å². The summed E-state index contributed by atoms with van der Waals surface area (Å²) in [6, 6.07) is 2.54. The molecule has 0 fully saturated rings. The second-order valence-electron chi connectivity index (χ2n) is 3.89. The van der Waals surface area contributed by atoms with E-state index in [1.807, 2.05) is 6.92 Å². The number of sulfonamides is 1. The van der Waals surface area contributed by atoms with Crippen LogP contribution >= 0.6 is 0 Å². The van der Waals surface area contributed by atoms with Crippen molar-refractivity contribution in [1.29, 1.82) is 0 Å². The first-order valence-corrected chi connectivity index (χ1v) is 7.14. The van der Waals surface area contributed by atoms with Crippen molar-refractivity contribution in [2.45, 2.75) is 18.5 Å². The molecule has 106 valence electrons. The van der Waals surface area contributed by atoms with Crippen molar-refractivity contribution in [2.75, 3.05) is 4.72 Å². The number of carboxylic acids is 1. The summed E-state index contributed by atoms with van der Waals surface area (Å²) in [5, 5.41) is 8.60. The Bertz CT molecular complexity index is 721. The van der Waals surface area contributed by atoms with Crippen molar-refractivity contribution >= 4 is 21.8 Å². The van der Waals surface area contributed by atoms with Gasteiger partial charge in [0, 0.05) is 18.9 Å². The van der Waals surface area contributed by atoms with Gasteiger partial charge in [-0.25, -0.2) is 14.8 Å². The maximum atomic E-state index is 12.0. The van der Waals surface area contributed by atoms with Gasteiger partial charge in [-0.3, -0.25) is 4.72 Å². The van der Waals surface area contributed by atoms with Gasteiger partial charge in [0.05, 0.1) is 11.9 Å². The number of nitrogens with zero attached hydrogens (tertiary/aromatic N) is 3. The Balaban J connectivity index is 2.21. The van der Waals surface area contributed by atoms with Crippen LogP contribution in [-0.4, -0.2) is 34.0 Å². The second-order valence-corrected chi connectivity index (χ2v) is 5.51. The monoisotopic (exact) mass is 296 g/mol. The molecule has 0 aliphatic heterocycles. The van der Waals surface area contributed by atoms with Crippen molar-refractivity contribution in [1.82, 2.24) is 14.5 Å². The average Bonchev–Trinajstić information content (AvgIpc) is 2.88. The summed E-state index contributed by atoms with van der Waals surface area (Å²) in [5.41, 5.74) is -0.0248. The van der Waals surface area contributed by atoms with Crippen molar-refractivity contribution in [2.24, 2.45) is 0 Å². The molecule has 0 aliphatic rings. The van der Waals surface area contributed by atoms with E-state index in [4.69, 9.17) is 5.11 Å². The van der Waals surface area contributed by atoms with Crippen molar-refractivity contribution in [3.05, 3.63) is 36.4 Å². The fraction of sp³-hybridized carbons (Fsp3) is 0.182. The van der Waals surface area contributed by atoms with Crippen LogP contribution in [0.2, 0.25) is 0 Å². The normalized spacial score (nSPS) is 11.2. The lowest BCUT2D eigenvalue weighted by Gasteiger charge is -2.04. The molecule has 2 heterocycles. The average molecular weight is 296 g/mol. The van der Waals surface area contributed by atoms with E-state index in [0.29, 0.717) is 6.54 Å². The number of hydrogen-bond donors (Lipinski definition) is 2. The van der Waals surface area contributed by atoms with E-state index >= 15 is 0 Å². The Labute approximate surface area is 115 Å². The standard InChI is InChI=1S/C11H12N4O4S/c1-2-15-6-10(13-7-15)20(18,19)14-9-4-3-8(5-12-9)11(16)17/h3-7H,2H2,1H3,(H,12,14)(H,16,17). The topological polar surface area (TPSA) is 114 Å². The van der Waals surface area contributed by atoms with E-state index in [1.54, 1.807) is 4.57 Å². The number of aryl methyl sites for hydroxylation is 1. The molecular formula is C11H12N4O4S. The molecule has 8 nitrogen and oxygen atoms in total. The highest BCUT2D eigenvalue weighted by Gasteiger charge is 2.18. The van der Waals surface area contributed by atoms with Gasteiger partial charge in [-0.05, 0) is 19.1 Å². The first-order chi connectivity index (χ1) is 9.42. The highest BCUT2D eigenvalue weighted by atomic mass is 32.2. The number of carboxylic acid groups (broad SMARTS) is 1. The zero-order valence-corrected chi connectivity index (χ0v) is 11.3. The zero-order valence-electron chi connectivity index (χ0n) is 10.5. The van der Waals surface area contributed by atoms with Gasteiger partial charge < -0.3 is 9.67 Å². The number of carbonyl (C=O) groups is 1. The number of pyridine rings is 1. The minimum absolute atomic E-state index is 0.0248. The molecule has 9 heteroatoms. The summed E-state index contributed by atoms with van der Waals surface area (Å²) in [6.07, 6.45) is 3.88. The molecule has 0 atom stereocenters. The van der Waals surface area contributed by atoms with Crippen LogP contribution in [0, 0.1) is 0 Å². The van der Waals surface area contributed by atoms with Gasteiger partial charge in [-0.15, -0.1) is 0 Å². The number of aromatic carboxylic acids is 1. The number of imidazole rings is 1. The minimum Gasteiger partial charge on any atom is -0.478 e. The Morgan fingerprint density at radius 1 is 1.40 bits per heavy atom. The number of hydrogen-bond acceptors (Lipinski definition) is 5. The SMILES string of the molecule is CCn1cnc(S(=O)(=O)Nc2ccc(C(=O)O)cn2)c1. The first-order valence-electron chi connectivity index (χ1n) is 5.66. The van der Waals surface area contributed by atoms with Gasteiger partial charge in [0.15, 0.2) is 5.03 Å². The second kappa shape index (κ2) is 5.29. The van der Waals surface area contributed by atoms with E-state index in [-0.39, 0.29) is 16.4 Å². The molecule has 2 aromatic heterocycles. The van der Waals surface area contributed by atoms with Gasteiger partial charge in [0.25, 0.3) is 10.0 Å². The summed E-state index contributed by atoms with van der Waals surface area (Å²) in [5.74, 6) is -1.10. The Morgan fingerprint density at radius 3 is 2.65 bits per heavy atom. The number of aromatic nitrogens is 3. The molecule has 0 aliphatic carbocycles. The Morgan fingerprint density at radius 2 is 2.15 bits per heavy atom. The van der Waals surface area contributed by atoms with Crippen molar-refractivity contribution < 1.29 is 18.3 Å². The summed E-state index contributed by atoms with van der Waals surface area (Å²) in [6.45, 7) is 2.46. The molecule has 0 saturated heterocycles. The maximum Gasteiger partial charge on any atom is 0.337 e. The van der Waals surface area contributed by atoms with E-state index in [0.717, 1.165) is 6.20 Å². The molecule has 0 amide bonds. The Kier molecular flexibility index (Phi) is 3.70. The van der Waals surface area contributed by atoms with Crippen molar-refractivity contribution in [3.63, 3.8) is 0 Å². The predicted molar refractivity (Wildman–Crippen MR) is 69.9 cm³/mol. The summed E-state index contributed by atoms with van der Waals surface area (Å²) < 4.78 is 27.9. The van der Waals surface area contributed by atoms with Gasteiger partial charge in [0.1, 0.15) is 5.82 Å². The molecule has 0 spiro atoms. The molecule has 0 unspecified atom stereocenters. The third kappa shape index (κ3) is 2.94. The number of nitrogens with one attached hydrogen (secondary N) is 1. The first kappa shape index (κ1) is 14.0. The van der Waals surface area contributed by atoms with Crippen LogP contribution in [0.25, 0.3) is 0 Å². The van der Waals surface area contributed by atoms with Gasteiger partial charge in [0.2, 0.25) is 0 Å². The molecular weight excluding hydrogens is 284 g/mol. The maximum absolute atomic E-state index is 12.0. The number of anilines is 1. The smallest absolute Gasteiger partial charge is 0.337 e. The van der Waals surface area contributed by atoms with Crippen LogP contribution < -0.4 is 4.72 Å². The largest absolute Gasteiger partial charge is 0.478 e. The van der Waals surface area contributed by atoms with E-state index in [1.165, 1.54) is 24.7 Å².